The van der Waals surface area contributed by atoms with Crippen LogP contribution in [0.3, 0.4) is 0 Å². The van der Waals surface area contributed by atoms with Crippen LogP contribution in [0.15, 0.2) is 30.5 Å². The maximum atomic E-state index is 4.65. The molecule has 3 rings (SSSR count). The average Bonchev–Trinajstić information content (AvgIpc) is 2.85. The highest BCUT2D eigenvalue weighted by Crippen LogP contribution is 2.29. The van der Waals surface area contributed by atoms with E-state index in [1.54, 1.807) is 0 Å². The summed E-state index contributed by atoms with van der Waals surface area (Å²) in [5.41, 5.74) is 1.32. The van der Waals surface area contributed by atoms with Crippen LogP contribution in [-0.4, -0.2) is 44.3 Å². The number of hydrogen-bond acceptors (Lipinski definition) is 4. The first-order chi connectivity index (χ1) is 10.8. The number of pyridine rings is 1. The summed E-state index contributed by atoms with van der Waals surface area (Å²) in [4.78, 5) is 9.46. The fourth-order valence-corrected chi connectivity index (χ4v) is 3.22. The van der Waals surface area contributed by atoms with E-state index in [1.807, 2.05) is 6.20 Å². The Morgan fingerprint density at radius 2 is 2.00 bits per heavy atom. The second-order valence-electron chi connectivity index (χ2n) is 5.80. The molecule has 2 aromatic rings. The topological polar surface area (TPSA) is 31.4 Å². The second-order valence-corrected chi connectivity index (χ2v) is 5.80. The van der Waals surface area contributed by atoms with Crippen molar-refractivity contribution in [2.24, 2.45) is 0 Å². The largest absolute Gasteiger partial charge is 0.370 e. The molecule has 1 aliphatic heterocycles. The number of anilines is 2. The second kappa shape index (κ2) is 6.97. The van der Waals surface area contributed by atoms with Crippen molar-refractivity contribution in [3.8, 4) is 0 Å². The van der Waals surface area contributed by atoms with Gasteiger partial charge in [-0.3, -0.25) is 0 Å². The van der Waals surface area contributed by atoms with E-state index in [1.165, 1.54) is 22.9 Å². The van der Waals surface area contributed by atoms with Crippen LogP contribution in [-0.2, 0) is 0 Å². The Hall–Kier alpha value is -1.81. The number of hydrogen-bond donors (Lipinski definition) is 1. The third-order valence-corrected chi connectivity index (χ3v) is 4.50. The minimum atomic E-state index is 0.987. The Bertz CT molecular complexity index is 614. The summed E-state index contributed by atoms with van der Waals surface area (Å²) in [5.74, 6) is 1.11. The van der Waals surface area contributed by atoms with Gasteiger partial charge in [-0.15, -0.1) is 0 Å². The normalized spacial score (nSPS) is 15.8. The summed E-state index contributed by atoms with van der Waals surface area (Å²) in [6.07, 6.45) is 3.12. The van der Waals surface area contributed by atoms with Crippen LogP contribution in [0.2, 0.25) is 0 Å². The van der Waals surface area contributed by atoms with E-state index in [0.29, 0.717) is 0 Å². The predicted molar refractivity (Wildman–Crippen MR) is 95.0 cm³/mol. The summed E-state index contributed by atoms with van der Waals surface area (Å²) < 4.78 is 0. The first-order valence-corrected chi connectivity index (χ1v) is 8.43. The summed E-state index contributed by atoms with van der Waals surface area (Å²) in [7, 11) is 0. The zero-order valence-electron chi connectivity index (χ0n) is 13.7. The fourth-order valence-electron chi connectivity index (χ4n) is 3.22. The van der Waals surface area contributed by atoms with Gasteiger partial charge in [0.05, 0.1) is 0 Å². The van der Waals surface area contributed by atoms with Gasteiger partial charge >= 0.3 is 0 Å². The lowest BCUT2D eigenvalue weighted by atomic mass is 10.1. The van der Waals surface area contributed by atoms with Crippen molar-refractivity contribution in [2.75, 3.05) is 49.1 Å². The molecule has 0 saturated carbocycles. The highest BCUT2D eigenvalue weighted by atomic mass is 15.2. The lowest BCUT2D eigenvalue weighted by molar-refractivity contribution is 0.724. The van der Waals surface area contributed by atoms with Crippen LogP contribution in [0.5, 0.6) is 0 Å². The van der Waals surface area contributed by atoms with Gasteiger partial charge in [-0.25, -0.2) is 4.98 Å². The third kappa shape index (κ3) is 3.02. The smallest absolute Gasteiger partial charge is 0.136 e. The van der Waals surface area contributed by atoms with E-state index in [-0.39, 0.29) is 0 Å². The van der Waals surface area contributed by atoms with Crippen LogP contribution >= 0.6 is 0 Å². The molecule has 1 saturated heterocycles. The fraction of sp³-hybridized carbons (Fsp3) is 0.500. The standard InChI is InChI=1S/C18H26N4/c1-3-21(4-2)18-17-14-16(7-6-15(17)8-10-20-18)22-12-5-9-19-11-13-22/h6-8,10,14,19H,3-5,9,11-13H2,1-2H3. The van der Waals surface area contributed by atoms with Gasteiger partial charge in [-0.2, -0.15) is 0 Å². The molecule has 2 heterocycles. The maximum Gasteiger partial charge on any atom is 0.136 e. The molecule has 1 aliphatic rings. The van der Waals surface area contributed by atoms with Crippen molar-refractivity contribution in [1.82, 2.24) is 10.3 Å². The molecule has 0 radical (unpaired) electrons. The van der Waals surface area contributed by atoms with Gasteiger partial charge in [0.2, 0.25) is 0 Å². The van der Waals surface area contributed by atoms with Crippen molar-refractivity contribution in [2.45, 2.75) is 20.3 Å². The molecule has 1 aromatic heterocycles. The molecule has 0 atom stereocenters. The Balaban J connectivity index is 2.01. The molecule has 118 valence electrons. The lowest BCUT2D eigenvalue weighted by Crippen LogP contribution is -2.27. The van der Waals surface area contributed by atoms with E-state index < -0.39 is 0 Å². The number of benzene rings is 1. The van der Waals surface area contributed by atoms with Gasteiger partial charge in [-0.1, -0.05) is 6.07 Å². The van der Waals surface area contributed by atoms with Crippen molar-refractivity contribution in [1.29, 1.82) is 0 Å². The Morgan fingerprint density at radius 1 is 1.14 bits per heavy atom. The van der Waals surface area contributed by atoms with Gasteiger partial charge in [0, 0.05) is 50.0 Å². The number of nitrogens with zero attached hydrogens (tertiary/aromatic N) is 3. The monoisotopic (exact) mass is 298 g/mol. The highest BCUT2D eigenvalue weighted by Gasteiger charge is 2.13. The van der Waals surface area contributed by atoms with Crippen LogP contribution in [0.1, 0.15) is 20.3 Å². The van der Waals surface area contributed by atoms with Crippen LogP contribution in [0.25, 0.3) is 10.8 Å². The molecular weight excluding hydrogens is 272 g/mol. The Kier molecular flexibility index (Phi) is 4.78. The van der Waals surface area contributed by atoms with Gasteiger partial charge < -0.3 is 15.1 Å². The third-order valence-electron chi connectivity index (χ3n) is 4.50. The molecule has 0 bridgehead atoms. The quantitative estimate of drug-likeness (QED) is 0.940. The maximum absolute atomic E-state index is 4.65. The van der Waals surface area contributed by atoms with Crippen molar-refractivity contribution >= 4 is 22.3 Å². The summed E-state index contributed by atoms with van der Waals surface area (Å²) in [6.45, 7) is 10.7. The highest BCUT2D eigenvalue weighted by molar-refractivity contribution is 5.94. The van der Waals surface area contributed by atoms with Gasteiger partial charge in [-0.05, 0) is 50.4 Å². The number of nitrogens with one attached hydrogen (secondary N) is 1. The lowest BCUT2D eigenvalue weighted by Gasteiger charge is -2.25. The van der Waals surface area contributed by atoms with E-state index >= 15 is 0 Å². The molecular formula is C18H26N4. The molecule has 4 nitrogen and oxygen atoms in total. The number of rotatable bonds is 4. The molecule has 22 heavy (non-hydrogen) atoms. The van der Waals surface area contributed by atoms with Gasteiger partial charge in [0.1, 0.15) is 5.82 Å². The van der Waals surface area contributed by atoms with Crippen LogP contribution in [0.4, 0.5) is 11.5 Å². The summed E-state index contributed by atoms with van der Waals surface area (Å²) >= 11 is 0. The molecule has 0 unspecified atom stereocenters. The molecule has 1 aromatic carbocycles. The van der Waals surface area contributed by atoms with Crippen LogP contribution in [0, 0.1) is 0 Å². The Morgan fingerprint density at radius 3 is 2.82 bits per heavy atom. The summed E-state index contributed by atoms with van der Waals surface area (Å²) in [5, 5.41) is 6.01. The molecule has 1 N–H and O–H groups in total. The zero-order valence-corrected chi connectivity index (χ0v) is 13.7. The SMILES string of the molecule is CCN(CC)c1nccc2ccc(N3CCCNCC3)cc12. The zero-order chi connectivity index (χ0) is 15.4. The van der Waals surface area contributed by atoms with E-state index in [0.717, 1.165) is 45.1 Å². The van der Waals surface area contributed by atoms with Gasteiger partial charge in [0.25, 0.3) is 0 Å². The molecule has 4 heteroatoms. The van der Waals surface area contributed by atoms with E-state index in [2.05, 4.69) is 58.2 Å². The van der Waals surface area contributed by atoms with E-state index in [4.69, 9.17) is 0 Å². The predicted octanol–water partition coefficient (Wildman–Crippen LogP) is 2.88. The van der Waals surface area contributed by atoms with E-state index in [9.17, 15) is 0 Å². The van der Waals surface area contributed by atoms with Crippen molar-refractivity contribution in [3.63, 3.8) is 0 Å². The molecule has 1 fully saturated rings. The number of fused-ring (bicyclic) bond motifs is 1. The summed E-state index contributed by atoms with van der Waals surface area (Å²) in [6, 6.07) is 8.91. The number of aromatic nitrogens is 1. The first-order valence-electron chi connectivity index (χ1n) is 8.43. The molecule has 0 aliphatic carbocycles. The van der Waals surface area contributed by atoms with Crippen molar-refractivity contribution in [3.05, 3.63) is 30.5 Å². The Labute approximate surface area is 133 Å². The average molecular weight is 298 g/mol. The van der Waals surface area contributed by atoms with Gasteiger partial charge in [0.15, 0.2) is 0 Å². The minimum absolute atomic E-state index is 0.987. The molecule has 0 amide bonds. The first kappa shape index (κ1) is 15.1. The molecule has 0 spiro atoms. The minimum Gasteiger partial charge on any atom is -0.370 e. The van der Waals surface area contributed by atoms with Crippen molar-refractivity contribution < 1.29 is 0 Å². The van der Waals surface area contributed by atoms with Crippen LogP contribution < -0.4 is 15.1 Å².